The minimum atomic E-state index is -0.522. The topological polar surface area (TPSA) is 12.0 Å². The number of halogens is 2. The third-order valence-electron chi connectivity index (χ3n) is 3.16. The van der Waals surface area contributed by atoms with Crippen molar-refractivity contribution in [3.8, 4) is 0 Å². The maximum atomic E-state index is 13.4. The van der Waals surface area contributed by atoms with Gasteiger partial charge in [0.2, 0.25) is 0 Å². The summed E-state index contributed by atoms with van der Waals surface area (Å²) in [4.78, 5) is 0. The van der Waals surface area contributed by atoms with Crippen LogP contribution in [0.5, 0.6) is 0 Å². The maximum absolute atomic E-state index is 13.4. The van der Waals surface area contributed by atoms with Gasteiger partial charge in [-0.2, -0.15) is 0 Å². The fourth-order valence-corrected chi connectivity index (χ4v) is 1.80. The Balaban J connectivity index is 2.78. The van der Waals surface area contributed by atoms with Gasteiger partial charge in [-0.15, -0.1) is 0 Å². The molecule has 0 bridgehead atoms. The summed E-state index contributed by atoms with van der Waals surface area (Å²) in [6, 6.07) is 4.00. The van der Waals surface area contributed by atoms with Gasteiger partial charge in [0.15, 0.2) is 0 Å². The average molecular weight is 227 g/mol. The second-order valence-electron chi connectivity index (χ2n) is 4.22. The summed E-state index contributed by atoms with van der Waals surface area (Å²) in [7, 11) is 1.87. The van der Waals surface area contributed by atoms with E-state index in [0.29, 0.717) is 17.9 Å². The second kappa shape index (κ2) is 5.94. The van der Waals surface area contributed by atoms with Crippen LogP contribution in [0, 0.1) is 17.6 Å². The van der Waals surface area contributed by atoms with E-state index in [-0.39, 0.29) is 6.04 Å². The zero-order valence-electron chi connectivity index (χ0n) is 10.1. The Morgan fingerprint density at radius 1 is 1.31 bits per heavy atom. The van der Waals surface area contributed by atoms with Gasteiger partial charge in [-0.05, 0) is 31.0 Å². The molecule has 1 N–H and O–H groups in total. The summed E-state index contributed by atoms with van der Waals surface area (Å²) in [6.45, 7) is 4.23. The van der Waals surface area contributed by atoms with E-state index in [0.717, 1.165) is 12.5 Å². The summed E-state index contributed by atoms with van der Waals surface area (Å²) in [5.41, 5.74) is 0.570. The quantitative estimate of drug-likeness (QED) is 0.814. The molecule has 2 atom stereocenters. The molecule has 1 aromatic carbocycles. The van der Waals surface area contributed by atoms with Gasteiger partial charge in [0.05, 0.1) is 0 Å². The molecule has 0 saturated heterocycles. The van der Waals surface area contributed by atoms with Crippen molar-refractivity contribution in [2.24, 2.45) is 5.92 Å². The van der Waals surface area contributed by atoms with Gasteiger partial charge in [0, 0.05) is 12.1 Å². The van der Waals surface area contributed by atoms with Crippen molar-refractivity contribution in [2.75, 3.05) is 7.05 Å². The second-order valence-corrected chi connectivity index (χ2v) is 4.22. The molecule has 0 fully saturated rings. The molecule has 0 aliphatic carbocycles. The highest BCUT2D eigenvalue weighted by Gasteiger charge is 2.16. The van der Waals surface area contributed by atoms with Crippen LogP contribution in [-0.2, 0) is 6.42 Å². The molecule has 90 valence electrons. The SMILES string of the molecule is CCC(C)C(Cc1ccc(F)cc1F)NC. The van der Waals surface area contributed by atoms with Crippen molar-refractivity contribution in [2.45, 2.75) is 32.7 Å². The van der Waals surface area contributed by atoms with E-state index in [1.807, 2.05) is 7.05 Å². The van der Waals surface area contributed by atoms with Crippen LogP contribution in [0.1, 0.15) is 25.8 Å². The molecule has 0 aliphatic rings. The first-order valence-electron chi connectivity index (χ1n) is 5.69. The Morgan fingerprint density at radius 3 is 2.50 bits per heavy atom. The van der Waals surface area contributed by atoms with Crippen LogP contribution in [0.15, 0.2) is 18.2 Å². The zero-order valence-corrected chi connectivity index (χ0v) is 10.1. The van der Waals surface area contributed by atoms with E-state index in [4.69, 9.17) is 0 Å². The first-order valence-corrected chi connectivity index (χ1v) is 5.69. The van der Waals surface area contributed by atoms with E-state index in [2.05, 4.69) is 19.2 Å². The molecule has 1 nitrogen and oxygen atoms in total. The molecule has 16 heavy (non-hydrogen) atoms. The monoisotopic (exact) mass is 227 g/mol. The van der Waals surface area contributed by atoms with E-state index in [1.165, 1.54) is 12.1 Å². The molecule has 0 aliphatic heterocycles. The summed E-state index contributed by atoms with van der Waals surface area (Å²) in [5, 5.41) is 3.18. The molecule has 0 saturated carbocycles. The molecule has 0 heterocycles. The van der Waals surface area contributed by atoms with Gasteiger partial charge >= 0.3 is 0 Å². The Morgan fingerprint density at radius 2 is 2.00 bits per heavy atom. The lowest BCUT2D eigenvalue weighted by atomic mass is 9.93. The van der Waals surface area contributed by atoms with Gasteiger partial charge in [-0.25, -0.2) is 8.78 Å². The van der Waals surface area contributed by atoms with Crippen molar-refractivity contribution in [3.63, 3.8) is 0 Å². The van der Waals surface area contributed by atoms with E-state index < -0.39 is 11.6 Å². The molecule has 0 amide bonds. The molecular formula is C13H19F2N. The van der Waals surface area contributed by atoms with Crippen LogP contribution in [0.2, 0.25) is 0 Å². The number of hydrogen-bond donors (Lipinski definition) is 1. The number of hydrogen-bond acceptors (Lipinski definition) is 1. The molecule has 2 unspecified atom stereocenters. The maximum Gasteiger partial charge on any atom is 0.129 e. The Labute approximate surface area is 95.9 Å². The largest absolute Gasteiger partial charge is 0.316 e. The van der Waals surface area contributed by atoms with E-state index in [9.17, 15) is 8.78 Å². The van der Waals surface area contributed by atoms with Crippen molar-refractivity contribution < 1.29 is 8.78 Å². The van der Waals surface area contributed by atoms with Crippen LogP contribution in [-0.4, -0.2) is 13.1 Å². The van der Waals surface area contributed by atoms with Crippen molar-refractivity contribution in [3.05, 3.63) is 35.4 Å². The highest BCUT2D eigenvalue weighted by atomic mass is 19.1. The third kappa shape index (κ3) is 3.27. The van der Waals surface area contributed by atoms with E-state index in [1.54, 1.807) is 0 Å². The molecule has 1 aromatic rings. The Hall–Kier alpha value is -0.960. The smallest absolute Gasteiger partial charge is 0.129 e. The van der Waals surface area contributed by atoms with Crippen LogP contribution < -0.4 is 5.32 Å². The van der Waals surface area contributed by atoms with Crippen LogP contribution in [0.3, 0.4) is 0 Å². The van der Waals surface area contributed by atoms with Crippen LogP contribution in [0.25, 0.3) is 0 Å². The number of likely N-dealkylation sites (N-methyl/N-ethyl adjacent to an activating group) is 1. The number of rotatable bonds is 5. The zero-order chi connectivity index (χ0) is 12.1. The Bertz CT molecular complexity index is 339. The predicted molar refractivity (Wildman–Crippen MR) is 62.4 cm³/mol. The normalized spacial score (nSPS) is 14.8. The molecule has 0 spiro atoms. The highest BCUT2D eigenvalue weighted by molar-refractivity contribution is 5.19. The van der Waals surface area contributed by atoms with Gasteiger partial charge in [0.25, 0.3) is 0 Å². The summed E-state index contributed by atoms with van der Waals surface area (Å²) >= 11 is 0. The fourth-order valence-electron chi connectivity index (χ4n) is 1.80. The lowest BCUT2D eigenvalue weighted by Gasteiger charge is -2.22. The molecular weight excluding hydrogens is 208 g/mol. The number of benzene rings is 1. The van der Waals surface area contributed by atoms with Gasteiger partial charge in [0.1, 0.15) is 11.6 Å². The fraction of sp³-hybridized carbons (Fsp3) is 0.538. The molecule has 3 heteroatoms. The predicted octanol–water partition coefficient (Wildman–Crippen LogP) is 3.14. The molecule has 0 aromatic heterocycles. The van der Waals surface area contributed by atoms with Crippen LogP contribution in [0.4, 0.5) is 8.78 Å². The van der Waals surface area contributed by atoms with Gasteiger partial charge < -0.3 is 5.32 Å². The summed E-state index contributed by atoms with van der Waals surface area (Å²) in [5.74, 6) is -0.510. The van der Waals surface area contributed by atoms with Crippen molar-refractivity contribution in [1.29, 1.82) is 0 Å². The first-order chi connectivity index (χ1) is 7.58. The highest BCUT2D eigenvalue weighted by Crippen LogP contribution is 2.16. The van der Waals surface area contributed by atoms with Crippen molar-refractivity contribution in [1.82, 2.24) is 5.32 Å². The van der Waals surface area contributed by atoms with Gasteiger partial charge in [-0.3, -0.25) is 0 Å². The average Bonchev–Trinajstić information content (AvgIpc) is 2.27. The summed E-state index contributed by atoms with van der Waals surface area (Å²) in [6.07, 6.45) is 1.63. The minimum Gasteiger partial charge on any atom is -0.316 e. The van der Waals surface area contributed by atoms with E-state index >= 15 is 0 Å². The lowest BCUT2D eigenvalue weighted by molar-refractivity contribution is 0.382. The number of nitrogens with one attached hydrogen (secondary N) is 1. The third-order valence-corrected chi connectivity index (χ3v) is 3.16. The molecule has 0 radical (unpaired) electrons. The summed E-state index contributed by atoms with van der Waals surface area (Å²) < 4.78 is 26.2. The van der Waals surface area contributed by atoms with Crippen molar-refractivity contribution >= 4 is 0 Å². The van der Waals surface area contributed by atoms with Gasteiger partial charge in [-0.1, -0.05) is 26.3 Å². The Kier molecular flexibility index (Phi) is 4.87. The van der Waals surface area contributed by atoms with Crippen LogP contribution >= 0.6 is 0 Å². The first kappa shape index (κ1) is 13.1. The lowest BCUT2D eigenvalue weighted by Crippen LogP contribution is -2.34. The minimum absolute atomic E-state index is 0.227. The molecule has 1 rings (SSSR count). The standard InChI is InChI=1S/C13H19F2N/c1-4-9(2)13(16-3)7-10-5-6-11(14)8-12(10)15/h5-6,8-9,13,16H,4,7H2,1-3H3.